The summed E-state index contributed by atoms with van der Waals surface area (Å²) in [6, 6.07) is 3.44. The lowest BCUT2D eigenvalue weighted by molar-refractivity contribution is 0.124. The summed E-state index contributed by atoms with van der Waals surface area (Å²) >= 11 is 0. The van der Waals surface area contributed by atoms with Crippen LogP contribution >= 0.6 is 0 Å². The molecule has 2 bridgehead atoms. The van der Waals surface area contributed by atoms with E-state index in [9.17, 15) is 8.78 Å². The van der Waals surface area contributed by atoms with E-state index in [0.29, 0.717) is 12.7 Å². The Morgan fingerprint density at radius 1 is 1.16 bits per heavy atom. The third kappa shape index (κ3) is 3.67. The van der Waals surface area contributed by atoms with Crippen LogP contribution in [-0.4, -0.2) is 54.0 Å². The van der Waals surface area contributed by atoms with Crippen molar-refractivity contribution in [3.63, 3.8) is 0 Å². The van der Waals surface area contributed by atoms with E-state index in [2.05, 4.69) is 15.5 Å². The molecule has 5 heterocycles. The minimum atomic E-state index is -0.662. The molecular formula is C23H27F2N5O2. The normalized spacial score (nSPS) is 27.1. The lowest BCUT2D eigenvalue weighted by Gasteiger charge is -2.39. The summed E-state index contributed by atoms with van der Waals surface area (Å²) < 4.78 is 38.8. The van der Waals surface area contributed by atoms with Gasteiger partial charge < -0.3 is 25.0 Å². The number of halogens is 2. The number of fused-ring (bicyclic) bond motifs is 2. The fraction of sp³-hybridized carbons (Fsp3) is 0.565. The van der Waals surface area contributed by atoms with Crippen LogP contribution in [0.15, 0.2) is 18.2 Å². The van der Waals surface area contributed by atoms with E-state index < -0.39 is 11.6 Å². The van der Waals surface area contributed by atoms with E-state index in [1.54, 1.807) is 0 Å². The van der Waals surface area contributed by atoms with Crippen molar-refractivity contribution in [2.24, 2.45) is 0 Å². The number of nitrogens with zero attached hydrogens (tertiary/aromatic N) is 3. The smallest absolute Gasteiger partial charge is 0.172 e. The van der Waals surface area contributed by atoms with Gasteiger partial charge >= 0.3 is 0 Å². The number of benzene rings is 1. The minimum Gasteiger partial charge on any atom is -0.487 e. The van der Waals surface area contributed by atoms with E-state index in [0.717, 1.165) is 87.4 Å². The molecule has 3 saturated heterocycles. The molecule has 5 aliphatic rings. The molecule has 9 heteroatoms. The Balaban J connectivity index is 1.19. The molecular weight excluding hydrogens is 416 g/mol. The van der Waals surface area contributed by atoms with Crippen LogP contribution < -0.4 is 20.3 Å². The van der Waals surface area contributed by atoms with Gasteiger partial charge in [-0.3, -0.25) is 0 Å². The second-order valence-electron chi connectivity index (χ2n) is 9.34. The SMILES string of the molecule is Fc1ccc(OC2CCN(c3nc4c(nc3NC35COC(C3)C5)CNCC4)CC2)c(F)c1. The van der Waals surface area contributed by atoms with Crippen molar-refractivity contribution in [3.8, 4) is 5.75 Å². The molecule has 1 aromatic heterocycles. The Morgan fingerprint density at radius 2 is 2.00 bits per heavy atom. The van der Waals surface area contributed by atoms with Crippen molar-refractivity contribution in [2.75, 3.05) is 36.5 Å². The second-order valence-corrected chi connectivity index (χ2v) is 9.34. The first-order chi connectivity index (χ1) is 15.6. The van der Waals surface area contributed by atoms with Crippen molar-refractivity contribution in [1.29, 1.82) is 0 Å². The fourth-order valence-corrected chi connectivity index (χ4v) is 5.20. The van der Waals surface area contributed by atoms with Gasteiger partial charge in [0, 0.05) is 51.5 Å². The molecule has 1 aliphatic carbocycles. The van der Waals surface area contributed by atoms with E-state index in [1.165, 1.54) is 12.1 Å². The number of hydrogen-bond acceptors (Lipinski definition) is 7. The molecule has 0 atom stereocenters. The zero-order chi connectivity index (χ0) is 21.7. The first-order valence-corrected chi connectivity index (χ1v) is 11.4. The van der Waals surface area contributed by atoms with Gasteiger partial charge in [-0.05, 0) is 25.0 Å². The van der Waals surface area contributed by atoms with Gasteiger partial charge in [0.05, 0.1) is 29.6 Å². The molecule has 0 radical (unpaired) electrons. The number of nitrogens with one attached hydrogen (secondary N) is 2. The van der Waals surface area contributed by atoms with Gasteiger partial charge in [0.1, 0.15) is 11.9 Å². The molecule has 7 nitrogen and oxygen atoms in total. The van der Waals surface area contributed by atoms with E-state index in [1.807, 2.05) is 0 Å². The quantitative estimate of drug-likeness (QED) is 0.736. The highest BCUT2D eigenvalue weighted by Gasteiger charge is 2.52. The topological polar surface area (TPSA) is 71.5 Å². The Labute approximate surface area is 185 Å². The van der Waals surface area contributed by atoms with Crippen molar-refractivity contribution in [2.45, 2.75) is 56.4 Å². The lowest BCUT2D eigenvalue weighted by atomic mass is 9.78. The van der Waals surface area contributed by atoms with Gasteiger partial charge in [0.25, 0.3) is 0 Å². The zero-order valence-electron chi connectivity index (χ0n) is 17.9. The Bertz CT molecular complexity index is 1020. The first-order valence-electron chi connectivity index (χ1n) is 11.4. The Morgan fingerprint density at radius 3 is 2.75 bits per heavy atom. The molecule has 4 fully saturated rings. The van der Waals surface area contributed by atoms with Crippen LogP contribution in [0.2, 0.25) is 0 Å². The summed E-state index contributed by atoms with van der Waals surface area (Å²) in [6.45, 7) is 3.84. The molecule has 4 aliphatic heterocycles. The van der Waals surface area contributed by atoms with E-state index in [-0.39, 0.29) is 17.4 Å². The number of hydrogen-bond donors (Lipinski definition) is 2. The van der Waals surface area contributed by atoms with Gasteiger partial charge in [-0.1, -0.05) is 0 Å². The molecule has 0 unspecified atom stereocenters. The molecule has 7 rings (SSSR count). The summed E-state index contributed by atoms with van der Waals surface area (Å²) in [5.41, 5.74) is 2.05. The third-order valence-corrected chi connectivity index (χ3v) is 7.01. The average Bonchev–Trinajstić information content (AvgIpc) is 3.37. The van der Waals surface area contributed by atoms with E-state index >= 15 is 0 Å². The molecule has 32 heavy (non-hydrogen) atoms. The summed E-state index contributed by atoms with van der Waals surface area (Å²) in [5, 5.41) is 7.06. The Hall–Kier alpha value is -2.52. The predicted octanol–water partition coefficient (Wildman–Crippen LogP) is 2.79. The number of rotatable bonds is 5. The van der Waals surface area contributed by atoms with Crippen molar-refractivity contribution in [3.05, 3.63) is 41.2 Å². The number of ether oxygens (including phenoxy) is 2. The number of aromatic nitrogens is 2. The number of piperidine rings is 1. The lowest BCUT2D eigenvalue weighted by Crippen LogP contribution is -2.48. The second kappa shape index (κ2) is 7.81. The van der Waals surface area contributed by atoms with Crippen LogP contribution in [0, 0.1) is 11.6 Å². The van der Waals surface area contributed by atoms with Gasteiger partial charge in [0.2, 0.25) is 0 Å². The largest absolute Gasteiger partial charge is 0.487 e. The maximum absolute atomic E-state index is 14.0. The molecule has 1 saturated carbocycles. The van der Waals surface area contributed by atoms with Crippen LogP contribution in [0.25, 0.3) is 0 Å². The van der Waals surface area contributed by atoms with Crippen LogP contribution in [0.5, 0.6) is 5.75 Å². The molecule has 170 valence electrons. The standard InChI is InChI=1S/C23H27F2N5O2/c24-14-1-2-20(17(25)9-14)32-15-4-7-30(8-5-15)22-21(29-23-10-16(11-23)31-13-23)27-19-12-26-6-3-18(19)28-22/h1-2,9,15-16,26H,3-8,10-13H2,(H,27,29). The highest BCUT2D eigenvalue weighted by molar-refractivity contribution is 5.64. The maximum Gasteiger partial charge on any atom is 0.172 e. The molecule has 2 N–H and O–H groups in total. The molecule has 0 amide bonds. The summed E-state index contributed by atoms with van der Waals surface area (Å²) in [5.74, 6) is 0.566. The van der Waals surface area contributed by atoms with E-state index in [4.69, 9.17) is 19.4 Å². The number of anilines is 2. The van der Waals surface area contributed by atoms with Gasteiger partial charge in [-0.25, -0.2) is 18.7 Å². The van der Waals surface area contributed by atoms with Crippen molar-refractivity contribution < 1.29 is 18.3 Å². The van der Waals surface area contributed by atoms with Crippen LogP contribution in [-0.2, 0) is 17.7 Å². The third-order valence-electron chi connectivity index (χ3n) is 7.01. The van der Waals surface area contributed by atoms with Crippen LogP contribution in [0.4, 0.5) is 20.4 Å². The average molecular weight is 443 g/mol. The fourth-order valence-electron chi connectivity index (χ4n) is 5.20. The van der Waals surface area contributed by atoms with Crippen LogP contribution in [0.1, 0.15) is 37.1 Å². The highest BCUT2D eigenvalue weighted by Crippen LogP contribution is 2.45. The predicted molar refractivity (Wildman–Crippen MR) is 115 cm³/mol. The summed E-state index contributed by atoms with van der Waals surface area (Å²) in [7, 11) is 0. The van der Waals surface area contributed by atoms with Gasteiger partial charge in [-0.2, -0.15) is 0 Å². The van der Waals surface area contributed by atoms with Gasteiger partial charge in [0.15, 0.2) is 23.2 Å². The minimum absolute atomic E-state index is 0.0219. The van der Waals surface area contributed by atoms with Gasteiger partial charge in [-0.15, -0.1) is 0 Å². The summed E-state index contributed by atoms with van der Waals surface area (Å²) in [4.78, 5) is 12.3. The van der Waals surface area contributed by atoms with Crippen LogP contribution in [0.3, 0.4) is 0 Å². The molecule has 1 aromatic carbocycles. The molecule has 2 aromatic rings. The van der Waals surface area contributed by atoms with Crippen molar-refractivity contribution >= 4 is 11.6 Å². The highest BCUT2D eigenvalue weighted by atomic mass is 19.1. The Kier molecular flexibility index (Phi) is 4.91. The first kappa shape index (κ1) is 20.1. The maximum atomic E-state index is 14.0. The zero-order valence-corrected chi connectivity index (χ0v) is 17.9. The molecule has 0 spiro atoms. The summed E-state index contributed by atoms with van der Waals surface area (Å²) in [6.07, 6.45) is 4.62. The van der Waals surface area contributed by atoms with Crippen molar-refractivity contribution in [1.82, 2.24) is 15.3 Å². The monoisotopic (exact) mass is 443 g/mol.